The van der Waals surface area contributed by atoms with Gasteiger partial charge in [-0.2, -0.15) is 0 Å². The molecule has 0 aromatic carbocycles. The van der Waals surface area contributed by atoms with Crippen molar-refractivity contribution in [1.82, 2.24) is 14.7 Å². The van der Waals surface area contributed by atoms with Gasteiger partial charge in [0.2, 0.25) is 0 Å². The molecule has 0 atom stereocenters. The van der Waals surface area contributed by atoms with Gasteiger partial charge in [-0.25, -0.2) is 9.78 Å². The molecule has 0 radical (unpaired) electrons. The summed E-state index contributed by atoms with van der Waals surface area (Å²) in [7, 11) is 1.37. The van der Waals surface area contributed by atoms with Crippen LogP contribution in [0.4, 0.5) is 5.00 Å². The van der Waals surface area contributed by atoms with Gasteiger partial charge < -0.3 is 15.4 Å². The smallest absolute Gasteiger partial charge is 0.341 e. The van der Waals surface area contributed by atoms with Gasteiger partial charge in [-0.1, -0.05) is 6.07 Å². The molecule has 2 N–H and O–H groups in total. The standard InChI is InChI=1S/C22H26N4O3S/c1-12-16(26-10-8-7-9-14(26)23-12)18(27)24-19-15(20(28)29-6)13-11-21(2,3)25-22(4,5)17(13)30-19/h7-10,25H,11H2,1-6H3,(H,24,27). The summed E-state index contributed by atoms with van der Waals surface area (Å²) in [4.78, 5) is 31.5. The molecule has 0 aliphatic carbocycles. The number of pyridine rings is 1. The van der Waals surface area contributed by atoms with Crippen molar-refractivity contribution >= 4 is 33.9 Å². The maximum atomic E-state index is 13.2. The Kier molecular flexibility index (Phi) is 4.74. The van der Waals surface area contributed by atoms with Gasteiger partial charge in [-0.3, -0.25) is 9.20 Å². The maximum Gasteiger partial charge on any atom is 0.341 e. The second-order valence-corrected chi connectivity index (χ2v) is 9.87. The van der Waals surface area contributed by atoms with Crippen LogP contribution in [0.3, 0.4) is 0 Å². The number of nitrogens with zero attached hydrogens (tertiary/aromatic N) is 2. The number of aryl methyl sites for hydroxylation is 1. The maximum absolute atomic E-state index is 13.2. The van der Waals surface area contributed by atoms with Crippen molar-refractivity contribution in [1.29, 1.82) is 0 Å². The first-order valence-electron chi connectivity index (χ1n) is 9.83. The number of hydrogen-bond donors (Lipinski definition) is 2. The molecule has 0 spiro atoms. The molecular formula is C22H26N4O3S. The largest absolute Gasteiger partial charge is 0.465 e. The highest BCUT2D eigenvalue weighted by Crippen LogP contribution is 2.45. The minimum absolute atomic E-state index is 0.195. The number of rotatable bonds is 3. The number of carbonyl (C=O) groups is 2. The summed E-state index contributed by atoms with van der Waals surface area (Å²) in [6, 6.07) is 5.58. The lowest BCUT2D eigenvalue weighted by molar-refractivity contribution is 0.0600. The molecule has 0 bridgehead atoms. The molecule has 0 unspecified atom stereocenters. The van der Waals surface area contributed by atoms with Crippen LogP contribution in [0, 0.1) is 6.92 Å². The van der Waals surface area contributed by atoms with E-state index >= 15 is 0 Å². The van der Waals surface area contributed by atoms with E-state index in [1.807, 2.05) is 18.2 Å². The molecule has 158 valence electrons. The number of hydrogen-bond acceptors (Lipinski definition) is 6. The normalized spacial score (nSPS) is 16.9. The highest BCUT2D eigenvalue weighted by molar-refractivity contribution is 7.17. The molecule has 0 saturated carbocycles. The lowest BCUT2D eigenvalue weighted by atomic mass is 9.81. The minimum atomic E-state index is -0.439. The van der Waals surface area contributed by atoms with Gasteiger partial charge in [0, 0.05) is 22.2 Å². The van der Waals surface area contributed by atoms with Crippen LogP contribution in [0.15, 0.2) is 24.4 Å². The van der Waals surface area contributed by atoms with Crippen molar-refractivity contribution < 1.29 is 14.3 Å². The molecule has 3 aromatic heterocycles. The van der Waals surface area contributed by atoms with E-state index in [9.17, 15) is 9.59 Å². The average Bonchev–Trinajstić information content (AvgIpc) is 3.16. The second kappa shape index (κ2) is 6.92. The number of esters is 1. The molecule has 4 rings (SSSR count). The Balaban J connectivity index is 1.82. The first-order valence-corrected chi connectivity index (χ1v) is 10.6. The van der Waals surface area contributed by atoms with Gasteiger partial charge >= 0.3 is 5.97 Å². The lowest BCUT2D eigenvalue weighted by Crippen LogP contribution is -2.55. The number of fused-ring (bicyclic) bond motifs is 2. The predicted molar refractivity (Wildman–Crippen MR) is 117 cm³/mol. The Hall–Kier alpha value is -2.71. The predicted octanol–water partition coefficient (Wildman–Crippen LogP) is 3.90. The Morgan fingerprint density at radius 1 is 1.27 bits per heavy atom. The fourth-order valence-electron chi connectivity index (χ4n) is 4.48. The van der Waals surface area contributed by atoms with Crippen molar-refractivity contribution in [2.45, 2.75) is 52.1 Å². The number of thiophene rings is 1. The minimum Gasteiger partial charge on any atom is -0.465 e. The molecule has 1 amide bonds. The van der Waals surface area contributed by atoms with Crippen LogP contribution in [0.25, 0.3) is 5.65 Å². The quantitative estimate of drug-likeness (QED) is 0.621. The van der Waals surface area contributed by atoms with E-state index in [-0.39, 0.29) is 17.0 Å². The van der Waals surface area contributed by atoms with Gasteiger partial charge in [0.1, 0.15) is 16.3 Å². The zero-order chi connectivity index (χ0) is 21.8. The van der Waals surface area contributed by atoms with Crippen LogP contribution in [0.5, 0.6) is 0 Å². The van der Waals surface area contributed by atoms with Crippen LogP contribution in [-0.2, 0) is 16.7 Å². The number of anilines is 1. The Labute approximate surface area is 179 Å². The molecule has 8 heteroatoms. The van der Waals surface area contributed by atoms with Gasteiger partial charge in [0.05, 0.1) is 18.4 Å². The zero-order valence-electron chi connectivity index (χ0n) is 18.0. The molecule has 4 heterocycles. The number of imidazole rings is 1. The highest BCUT2D eigenvalue weighted by atomic mass is 32.1. The Bertz CT molecular complexity index is 1170. The molecule has 0 fully saturated rings. The van der Waals surface area contributed by atoms with Crippen molar-refractivity contribution in [3.63, 3.8) is 0 Å². The third-order valence-corrected chi connectivity index (χ3v) is 6.85. The number of carbonyl (C=O) groups excluding carboxylic acids is 2. The molecule has 1 aliphatic heterocycles. The van der Waals surface area contributed by atoms with Crippen LogP contribution in [-0.4, -0.2) is 33.9 Å². The monoisotopic (exact) mass is 426 g/mol. The van der Waals surface area contributed by atoms with Crippen molar-refractivity contribution in [3.8, 4) is 0 Å². The topological polar surface area (TPSA) is 84.7 Å². The van der Waals surface area contributed by atoms with E-state index in [1.54, 1.807) is 17.5 Å². The first kappa shape index (κ1) is 20.6. The van der Waals surface area contributed by atoms with Gasteiger partial charge in [-0.15, -0.1) is 11.3 Å². The van der Waals surface area contributed by atoms with E-state index in [2.05, 4.69) is 43.3 Å². The van der Waals surface area contributed by atoms with Crippen LogP contribution in [0.1, 0.15) is 64.7 Å². The number of aromatic nitrogens is 2. The SMILES string of the molecule is COC(=O)c1c(NC(=O)c2c(C)nc3ccccn23)sc2c1CC(C)(C)NC2(C)C. The summed E-state index contributed by atoms with van der Waals surface area (Å²) in [5, 5.41) is 7.11. The third-order valence-electron chi connectivity index (χ3n) is 5.38. The lowest BCUT2D eigenvalue weighted by Gasteiger charge is -2.42. The second-order valence-electron chi connectivity index (χ2n) is 8.84. The van der Waals surface area contributed by atoms with Gasteiger partial charge in [0.25, 0.3) is 5.91 Å². The fourth-order valence-corrected chi connectivity index (χ4v) is 5.74. The Morgan fingerprint density at radius 2 is 2.00 bits per heavy atom. The number of methoxy groups -OCH3 is 1. The number of ether oxygens (including phenoxy) is 1. The number of nitrogens with one attached hydrogen (secondary N) is 2. The van der Waals surface area contributed by atoms with E-state index in [1.165, 1.54) is 18.4 Å². The number of amides is 1. The van der Waals surface area contributed by atoms with Crippen LogP contribution < -0.4 is 10.6 Å². The van der Waals surface area contributed by atoms with Gasteiger partial charge in [-0.05, 0) is 58.7 Å². The zero-order valence-corrected chi connectivity index (χ0v) is 18.9. The molecular weight excluding hydrogens is 400 g/mol. The summed E-state index contributed by atoms with van der Waals surface area (Å²) in [6.45, 7) is 10.2. The van der Waals surface area contributed by atoms with E-state index < -0.39 is 5.97 Å². The molecule has 0 saturated heterocycles. The van der Waals surface area contributed by atoms with Crippen LogP contribution >= 0.6 is 11.3 Å². The highest BCUT2D eigenvalue weighted by Gasteiger charge is 2.42. The fraction of sp³-hybridized carbons (Fsp3) is 0.409. The van der Waals surface area contributed by atoms with E-state index in [4.69, 9.17) is 4.74 Å². The van der Waals surface area contributed by atoms with Crippen molar-refractivity contribution in [3.05, 3.63) is 51.8 Å². The summed E-state index contributed by atoms with van der Waals surface area (Å²) in [5.41, 5.74) is 2.62. The third kappa shape index (κ3) is 3.30. The van der Waals surface area contributed by atoms with E-state index in [0.717, 1.165) is 10.4 Å². The van der Waals surface area contributed by atoms with Crippen molar-refractivity contribution in [2.75, 3.05) is 12.4 Å². The molecule has 30 heavy (non-hydrogen) atoms. The molecule has 1 aliphatic rings. The average molecular weight is 427 g/mol. The molecule has 3 aromatic rings. The van der Waals surface area contributed by atoms with E-state index in [0.29, 0.717) is 34.0 Å². The summed E-state index contributed by atoms with van der Waals surface area (Å²) >= 11 is 1.43. The van der Waals surface area contributed by atoms with Gasteiger partial charge in [0.15, 0.2) is 0 Å². The van der Waals surface area contributed by atoms with Crippen LogP contribution in [0.2, 0.25) is 0 Å². The summed E-state index contributed by atoms with van der Waals surface area (Å²) < 4.78 is 6.84. The summed E-state index contributed by atoms with van der Waals surface area (Å²) in [6.07, 6.45) is 2.47. The Morgan fingerprint density at radius 3 is 2.70 bits per heavy atom. The molecule has 7 nitrogen and oxygen atoms in total. The summed E-state index contributed by atoms with van der Waals surface area (Å²) in [5.74, 6) is -0.744. The van der Waals surface area contributed by atoms with Crippen molar-refractivity contribution in [2.24, 2.45) is 0 Å². The first-order chi connectivity index (χ1) is 14.0.